The molecule has 0 unspecified atom stereocenters. The minimum atomic E-state index is -1.96. The number of aromatic hydroxyl groups is 1. The van der Waals surface area contributed by atoms with Gasteiger partial charge in [-0.3, -0.25) is 57.5 Å². The fourth-order valence-corrected chi connectivity index (χ4v) is 7.01. The molecule has 20 N–H and O–H groups in total. The first-order chi connectivity index (χ1) is 35.9. The molecule has 1 aromatic carbocycles. The van der Waals surface area contributed by atoms with Crippen LogP contribution in [0.5, 0.6) is 5.75 Å². The Morgan fingerprint density at radius 1 is 0.584 bits per heavy atom. The highest BCUT2D eigenvalue weighted by Crippen LogP contribution is 2.13. The molecule has 0 fully saturated rings. The number of phenolic OH excluding ortho intramolecular Hbond substituents is 1. The van der Waals surface area contributed by atoms with Crippen molar-refractivity contribution >= 4 is 77.0 Å². The maximum Gasteiger partial charge on any atom is 0.326 e. The second kappa shape index (κ2) is 33.1. The predicted octanol–water partition coefficient (Wildman–Crippen LogP) is -6.29. The van der Waals surface area contributed by atoms with Crippen molar-refractivity contribution < 1.29 is 98.7 Å². The predicted molar refractivity (Wildman–Crippen MR) is 265 cm³/mol. The molecule has 0 radical (unpaired) electrons. The third-order valence-corrected chi connectivity index (χ3v) is 11.6. The molecule has 430 valence electrons. The maximum absolute atomic E-state index is 13.8. The van der Waals surface area contributed by atoms with E-state index < -0.39 is 189 Å². The van der Waals surface area contributed by atoms with Gasteiger partial charge < -0.3 is 90.0 Å². The average Bonchev–Trinajstić information content (AvgIpc) is 3.34. The Bertz CT molecular complexity index is 2260. The molecule has 30 nitrogen and oxygen atoms in total. The van der Waals surface area contributed by atoms with Gasteiger partial charge in [-0.15, -0.1) is 0 Å². The molecule has 0 aliphatic heterocycles. The highest BCUT2D eigenvalue weighted by molar-refractivity contribution is 5.99. The number of rotatable bonds is 35. The number of amides is 10. The van der Waals surface area contributed by atoms with Crippen LogP contribution < -0.4 is 59.3 Å². The molecule has 10 amide bonds. The van der Waals surface area contributed by atoms with Crippen molar-refractivity contribution in [3.05, 3.63) is 29.8 Å². The molecule has 0 saturated heterocycles. The van der Waals surface area contributed by atoms with Gasteiger partial charge in [-0.25, -0.2) is 4.79 Å². The van der Waals surface area contributed by atoms with Gasteiger partial charge in [-0.1, -0.05) is 46.2 Å². The van der Waals surface area contributed by atoms with Crippen LogP contribution in [-0.2, 0) is 68.7 Å². The molecule has 77 heavy (non-hydrogen) atoms. The third kappa shape index (κ3) is 24.9. The van der Waals surface area contributed by atoms with Gasteiger partial charge in [0, 0.05) is 19.3 Å². The number of carboxylic acid groups (broad SMARTS) is 3. The lowest BCUT2D eigenvalue weighted by atomic mass is 9.97. The molecule has 0 bridgehead atoms. The van der Waals surface area contributed by atoms with E-state index in [1.54, 1.807) is 32.9 Å². The van der Waals surface area contributed by atoms with Gasteiger partial charge in [0.05, 0.1) is 25.7 Å². The number of aliphatic hydroxyl groups excluding tert-OH is 2. The van der Waals surface area contributed by atoms with Gasteiger partial charge in [-0.2, -0.15) is 0 Å². The van der Waals surface area contributed by atoms with Crippen molar-refractivity contribution in [2.75, 3.05) is 13.2 Å². The summed E-state index contributed by atoms with van der Waals surface area (Å²) in [5.74, 6) is -16.0. The fourth-order valence-electron chi connectivity index (χ4n) is 7.01. The molecule has 0 saturated carbocycles. The first-order valence-electron chi connectivity index (χ1n) is 24.4. The maximum atomic E-state index is 13.8. The smallest absolute Gasteiger partial charge is 0.326 e. The van der Waals surface area contributed by atoms with Crippen LogP contribution in [0.2, 0.25) is 0 Å². The molecule has 11 atom stereocenters. The number of quaternary nitrogens is 1. The second-order valence-electron chi connectivity index (χ2n) is 18.7. The van der Waals surface area contributed by atoms with Crippen LogP contribution in [0, 0.1) is 11.8 Å². The molecule has 0 aromatic heterocycles. The summed E-state index contributed by atoms with van der Waals surface area (Å²) in [7, 11) is 0. The molecule has 1 aromatic rings. The summed E-state index contributed by atoms with van der Waals surface area (Å²) in [6.45, 7) is 6.81. The van der Waals surface area contributed by atoms with Crippen molar-refractivity contribution in [3.63, 3.8) is 0 Å². The van der Waals surface area contributed by atoms with Gasteiger partial charge in [-0.05, 0) is 62.6 Å². The standard InChI is InChI=1S/C47H73N11O19/c1-7-22(4)37(45(74)53-28(12-14-33(49)62)43(72)58-38(24(6)60)46(75)54-30(18-36(66)67)44(73)55-31(47(76)77)16-21(2)3)57-34(63)19-50-41(70)32(20-59)56-42(71)29(13-15-35(64)65)52-39(68)23(5)51-40(69)27(48)17-25-8-10-26(61)11-9-25/h8-11,21-24,27-32,37-38,59-61H,7,12-20,48H2,1-6H3,(H2,49,62)(H,50,70)(H,51,69)(H,52,68)(H,53,74)(H,54,75)(H,55,73)(H,56,71)(H,57,63)(H,58,72)(H,64,65)(H,66,67)(H,76,77)/p+1/t22-,23-,24+,27-,28-,29-,30-,31-,32-,37-,38-/m0/s1. The molecule has 0 spiro atoms. The number of benzene rings is 1. The Morgan fingerprint density at radius 2 is 1.09 bits per heavy atom. The normalized spacial score (nSPS) is 15.3. The zero-order chi connectivity index (χ0) is 58.9. The lowest BCUT2D eigenvalue weighted by Crippen LogP contribution is -2.69. The van der Waals surface area contributed by atoms with Crippen molar-refractivity contribution in [1.82, 2.24) is 47.9 Å². The van der Waals surface area contributed by atoms with E-state index >= 15 is 0 Å². The van der Waals surface area contributed by atoms with E-state index in [-0.39, 0.29) is 30.9 Å². The van der Waals surface area contributed by atoms with Gasteiger partial charge in [0.1, 0.15) is 54.1 Å². The van der Waals surface area contributed by atoms with Crippen molar-refractivity contribution in [1.29, 1.82) is 0 Å². The Morgan fingerprint density at radius 3 is 1.60 bits per heavy atom. The van der Waals surface area contributed by atoms with Crippen molar-refractivity contribution in [2.24, 2.45) is 17.6 Å². The number of hydrogen-bond acceptors (Lipinski definition) is 16. The monoisotopic (exact) mass is 1100 g/mol. The molecular weight excluding hydrogens is 1020 g/mol. The molecular formula is C47H74N11O19+. The largest absolute Gasteiger partial charge is 0.508 e. The molecule has 0 aliphatic rings. The van der Waals surface area contributed by atoms with E-state index in [0.29, 0.717) is 5.56 Å². The second-order valence-corrected chi connectivity index (χ2v) is 18.7. The van der Waals surface area contributed by atoms with Gasteiger partial charge in [0.25, 0.3) is 5.91 Å². The van der Waals surface area contributed by atoms with E-state index in [0.717, 1.165) is 6.92 Å². The summed E-state index contributed by atoms with van der Waals surface area (Å²) in [6.07, 6.45) is -4.75. The lowest BCUT2D eigenvalue weighted by molar-refractivity contribution is -0.403. The summed E-state index contributed by atoms with van der Waals surface area (Å²) in [4.78, 5) is 166. The highest BCUT2D eigenvalue weighted by Gasteiger charge is 2.37. The Balaban J connectivity index is 3.16. The summed E-state index contributed by atoms with van der Waals surface area (Å²) in [5.41, 5.74) is 9.74. The van der Waals surface area contributed by atoms with Crippen molar-refractivity contribution in [3.8, 4) is 5.75 Å². The topological polar surface area (TPSA) is 505 Å². The van der Waals surface area contributed by atoms with Gasteiger partial charge in [0.2, 0.25) is 53.2 Å². The fraction of sp³-hybridized carbons (Fsp3) is 0.596. The molecule has 0 heterocycles. The first-order valence-corrected chi connectivity index (χ1v) is 24.4. The highest BCUT2D eigenvalue weighted by atomic mass is 16.4. The van der Waals surface area contributed by atoms with E-state index in [9.17, 15) is 93.0 Å². The third-order valence-electron chi connectivity index (χ3n) is 11.6. The minimum absolute atomic E-state index is 0.00764. The average molecular weight is 1100 g/mol. The lowest BCUT2D eigenvalue weighted by Gasteiger charge is -2.29. The summed E-state index contributed by atoms with van der Waals surface area (Å²) < 4.78 is 0. The van der Waals surface area contributed by atoms with E-state index in [1.165, 1.54) is 26.0 Å². The number of aliphatic hydroxyl groups is 2. The summed E-state index contributed by atoms with van der Waals surface area (Å²) >= 11 is 0. The Kier molecular flexibility index (Phi) is 28.8. The zero-order valence-electron chi connectivity index (χ0n) is 43.6. The minimum Gasteiger partial charge on any atom is -0.508 e. The number of nitrogens with two attached hydrogens (primary N) is 1. The van der Waals surface area contributed by atoms with E-state index in [1.807, 2.05) is 0 Å². The summed E-state index contributed by atoms with van der Waals surface area (Å²) in [6, 6.07) is -8.17. The Hall–Kier alpha value is -7.99. The number of primary amides is 1. The number of carbonyl (C=O) groups is 13. The van der Waals surface area contributed by atoms with Gasteiger partial charge >= 0.3 is 17.9 Å². The SMILES string of the molecule is CC[C@H](C)[C@H](NC(=O)CNC(=O)[C@H](CO)NC(=O)[C@H](CCC(=O)O)NC(=O)[C@H](C)NC(=O)[C@@H]([NH3+])Cc1ccc(O)cc1)C(=O)N[C@@H](CCC(N)=O)C(=O)N[C@H](C(=O)N[C@@H](CC(=O)O)C(=O)N[C@@H](CC(C)C)C(=O)O)[C@@H](C)O. The zero-order valence-corrected chi connectivity index (χ0v) is 43.6. The quantitative estimate of drug-likeness (QED) is 0.0301. The summed E-state index contributed by atoms with van der Waals surface area (Å²) in [5, 5.41) is 78.5. The number of nitrogens with one attached hydrogen (secondary N) is 9. The number of hydrogen-bond donors (Lipinski definition) is 17. The molecule has 0 aliphatic carbocycles. The molecule has 1 rings (SSSR count). The van der Waals surface area contributed by atoms with Crippen LogP contribution in [0.4, 0.5) is 0 Å². The Labute approximate surface area is 442 Å². The molecule has 30 heteroatoms. The van der Waals surface area contributed by atoms with E-state index in [4.69, 9.17) is 5.73 Å². The first kappa shape index (κ1) is 67.0. The van der Waals surface area contributed by atoms with Crippen LogP contribution in [0.25, 0.3) is 0 Å². The number of carboxylic acids is 3. The van der Waals surface area contributed by atoms with Crippen LogP contribution in [-0.4, -0.2) is 181 Å². The number of phenols is 1. The van der Waals surface area contributed by atoms with Crippen molar-refractivity contribution in [2.45, 2.75) is 153 Å². The van der Waals surface area contributed by atoms with Crippen LogP contribution >= 0.6 is 0 Å². The van der Waals surface area contributed by atoms with Gasteiger partial charge in [0.15, 0.2) is 6.04 Å². The number of carbonyl (C=O) groups excluding carboxylic acids is 10. The van der Waals surface area contributed by atoms with E-state index in [2.05, 4.69) is 53.6 Å². The van der Waals surface area contributed by atoms with Crippen LogP contribution in [0.3, 0.4) is 0 Å². The van der Waals surface area contributed by atoms with Crippen LogP contribution in [0.1, 0.15) is 92.1 Å². The van der Waals surface area contributed by atoms with Crippen LogP contribution in [0.15, 0.2) is 24.3 Å². The number of aliphatic carboxylic acids is 3.